The van der Waals surface area contributed by atoms with Crippen LogP contribution in [-0.4, -0.2) is 16.0 Å². The summed E-state index contributed by atoms with van der Waals surface area (Å²) in [6.07, 6.45) is 0.649. The van der Waals surface area contributed by atoms with Crippen molar-refractivity contribution >= 4 is 11.7 Å². The highest BCUT2D eigenvalue weighted by Gasteiger charge is 2.21. The average Bonchev–Trinajstić information content (AvgIpc) is 2.26. The van der Waals surface area contributed by atoms with Gasteiger partial charge in [-0.3, -0.25) is 14.9 Å². The Morgan fingerprint density at radius 3 is 2.53 bits per heavy atom. The van der Waals surface area contributed by atoms with E-state index in [1.54, 1.807) is 0 Å². The van der Waals surface area contributed by atoms with E-state index >= 15 is 0 Å². The van der Waals surface area contributed by atoms with E-state index in [1.165, 1.54) is 6.07 Å². The molecule has 0 spiro atoms. The summed E-state index contributed by atoms with van der Waals surface area (Å²) in [7, 11) is 0. The van der Waals surface area contributed by atoms with Crippen LogP contribution in [0.3, 0.4) is 0 Å². The van der Waals surface area contributed by atoms with Crippen molar-refractivity contribution in [2.75, 3.05) is 0 Å². The maximum Gasteiger partial charge on any atom is 0.306 e. The minimum Gasteiger partial charge on any atom is -0.481 e. The van der Waals surface area contributed by atoms with Gasteiger partial charge in [-0.25, -0.2) is 0 Å². The number of carboxylic acid groups (broad SMARTS) is 1. The van der Waals surface area contributed by atoms with Gasteiger partial charge in [-0.05, 0) is 30.4 Å². The summed E-state index contributed by atoms with van der Waals surface area (Å²) in [4.78, 5) is 20.8. The maximum absolute atomic E-state index is 13.4. The summed E-state index contributed by atoms with van der Waals surface area (Å²) in [5.74, 6) is -2.27. The van der Waals surface area contributed by atoms with Crippen molar-refractivity contribution in [3.05, 3.63) is 39.7 Å². The van der Waals surface area contributed by atoms with Gasteiger partial charge in [0, 0.05) is 6.07 Å². The molecule has 1 N–H and O–H groups in total. The van der Waals surface area contributed by atoms with Gasteiger partial charge in [0.1, 0.15) is 0 Å². The van der Waals surface area contributed by atoms with Crippen molar-refractivity contribution in [2.45, 2.75) is 26.7 Å². The summed E-state index contributed by atoms with van der Waals surface area (Å²) in [5, 5.41) is 19.6. The highest BCUT2D eigenvalue weighted by Crippen LogP contribution is 2.22. The lowest BCUT2D eigenvalue weighted by Gasteiger charge is -2.14. The third kappa shape index (κ3) is 4.31. The number of carbonyl (C=O) groups is 1. The second kappa shape index (κ2) is 6.26. The van der Waals surface area contributed by atoms with E-state index in [0.717, 1.165) is 12.1 Å². The van der Waals surface area contributed by atoms with Crippen molar-refractivity contribution in [3.8, 4) is 0 Å². The van der Waals surface area contributed by atoms with Gasteiger partial charge < -0.3 is 5.11 Å². The highest BCUT2D eigenvalue weighted by molar-refractivity contribution is 5.70. The van der Waals surface area contributed by atoms with Crippen LogP contribution in [0.2, 0.25) is 0 Å². The molecule has 0 fully saturated rings. The molecule has 6 heteroatoms. The van der Waals surface area contributed by atoms with Crippen LogP contribution in [0.25, 0.3) is 0 Å². The van der Waals surface area contributed by atoms with Crippen molar-refractivity contribution < 1.29 is 19.2 Å². The predicted molar refractivity (Wildman–Crippen MR) is 67.3 cm³/mol. The molecular formula is C13H16FNO4. The average molecular weight is 269 g/mol. The second-order valence-corrected chi connectivity index (χ2v) is 4.91. The fourth-order valence-corrected chi connectivity index (χ4v) is 1.95. The van der Waals surface area contributed by atoms with E-state index in [0.29, 0.717) is 12.0 Å². The molecule has 0 amide bonds. The van der Waals surface area contributed by atoms with Gasteiger partial charge in [0.15, 0.2) is 0 Å². The first-order valence-corrected chi connectivity index (χ1v) is 5.97. The van der Waals surface area contributed by atoms with E-state index in [2.05, 4.69) is 0 Å². The Morgan fingerprint density at radius 1 is 1.47 bits per heavy atom. The molecule has 0 bridgehead atoms. The topological polar surface area (TPSA) is 80.4 Å². The molecule has 1 aromatic carbocycles. The first kappa shape index (κ1) is 15.1. The van der Waals surface area contributed by atoms with E-state index < -0.39 is 28.3 Å². The number of nitro groups is 1. The van der Waals surface area contributed by atoms with E-state index in [1.807, 2.05) is 13.8 Å². The zero-order valence-electron chi connectivity index (χ0n) is 10.8. The maximum atomic E-state index is 13.4. The van der Waals surface area contributed by atoms with Crippen LogP contribution in [0.15, 0.2) is 18.2 Å². The first-order valence-electron chi connectivity index (χ1n) is 5.97. The van der Waals surface area contributed by atoms with Crippen LogP contribution in [0, 0.1) is 27.8 Å². The fourth-order valence-electron chi connectivity index (χ4n) is 1.95. The Balaban J connectivity index is 2.88. The Hall–Kier alpha value is -1.98. The summed E-state index contributed by atoms with van der Waals surface area (Å²) in [6.45, 7) is 3.82. The fraction of sp³-hybridized carbons (Fsp3) is 0.462. The number of halogens is 1. The number of rotatable bonds is 6. The molecule has 0 heterocycles. The van der Waals surface area contributed by atoms with Crippen molar-refractivity contribution in [3.63, 3.8) is 0 Å². The summed E-state index contributed by atoms with van der Waals surface area (Å²) < 4.78 is 13.4. The molecule has 0 aliphatic carbocycles. The van der Waals surface area contributed by atoms with E-state index in [-0.39, 0.29) is 12.3 Å². The molecule has 0 saturated carbocycles. The monoisotopic (exact) mass is 269 g/mol. The first-order chi connectivity index (χ1) is 8.81. The van der Waals surface area contributed by atoms with Crippen LogP contribution < -0.4 is 0 Å². The number of benzene rings is 1. The van der Waals surface area contributed by atoms with Crippen LogP contribution >= 0.6 is 0 Å². The molecule has 1 unspecified atom stereocenters. The molecule has 1 aromatic rings. The SMILES string of the molecule is CC(C)CC(Cc1ccc([N+](=O)[O-])c(F)c1)C(=O)O. The smallest absolute Gasteiger partial charge is 0.306 e. The third-order valence-corrected chi connectivity index (χ3v) is 2.80. The van der Waals surface area contributed by atoms with Gasteiger partial charge in [-0.15, -0.1) is 0 Å². The van der Waals surface area contributed by atoms with Crippen molar-refractivity contribution in [1.82, 2.24) is 0 Å². The van der Waals surface area contributed by atoms with Crippen LogP contribution in [0.4, 0.5) is 10.1 Å². The molecule has 0 aliphatic heterocycles. The molecular weight excluding hydrogens is 253 g/mol. The Morgan fingerprint density at radius 2 is 2.11 bits per heavy atom. The Kier molecular flexibility index (Phi) is 4.97. The van der Waals surface area contributed by atoms with E-state index in [4.69, 9.17) is 5.11 Å². The lowest BCUT2D eigenvalue weighted by atomic mass is 9.91. The van der Waals surface area contributed by atoms with Gasteiger partial charge in [-0.2, -0.15) is 4.39 Å². The zero-order chi connectivity index (χ0) is 14.6. The van der Waals surface area contributed by atoms with Gasteiger partial charge in [0.2, 0.25) is 5.82 Å². The van der Waals surface area contributed by atoms with Gasteiger partial charge in [0.25, 0.3) is 0 Å². The standard InChI is InChI=1S/C13H16FNO4/c1-8(2)5-10(13(16)17)6-9-3-4-12(15(18)19)11(14)7-9/h3-4,7-8,10H,5-6H2,1-2H3,(H,16,17). The van der Waals surface area contributed by atoms with Gasteiger partial charge in [-0.1, -0.05) is 19.9 Å². The predicted octanol–water partition coefficient (Wildman–Crippen LogP) is 3.02. The molecule has 0 radical (unpaired) electrons. The molecule has 0 aliphatic rings. The highest BCUT2D eigenvalue weighted by atomic mass is 19.1. The van der Waals surface area contributed by atoms with Gasteiger partial charge in [0.05, 0.1) is 10.8 Å². The number of aliphatic carboxylic acids is 1. The molecule has 104 valence electrons. The molecule has 0 saturated heterocycles. The normalized spacial score (nSPS) is 12.4. The number of nitrogens with zero attached hydrogens (tertiary/aromatic N) is 1. The zero-order valence-corrected chi connectivity index (χ0v) is 10.8. The lowest BCUT2D eigenvalue weighted by Crippen LogP contribution is -2.18. The number of nitro benzene ring substituents is 1. The minimum atomic E-state index is -0.938. The lowest BCUT2D eigenvalue weighted by molar-refractivity contribution is -0.387. The molecule has 19 heavy (non-hydrogen) atoms. The number of hydrogen-bond donors (Lipinski definition) is 1. The second-order valence-electron chi connectivity index (χ2n) is 4.91. The number of carboxylic acids is 1. The van der Waals surface area contributed by atoms with Crippen molar-refractivity contribution in [2.24, 2.45) is 11.8 Å². The quantitative estimate of drug-likeness (QED) is 0.635. The van der Waals surface area contributed by atoms with Crippen LogP contribution in [0.5, 0.6) is 0 Å². The Bertz CT molecular complexity index is 488. The minimum absolute atomic E-state index is 0.169. The third-order valence-electron chi connectivity index (χ3n) is 2.80. The Labute approximate surface area is 110 Å². The number of hydrogen-bond acceptors (Lipinski definition) is 3. The van der Waals surface area contributed by atoms with Gasteiger partial charge >= 0.3 is 11.7 Å². The molecule has 0 aromatic heterocycles. The van der Waals surface area contributed by atoms with Crippen LogP contribution in [-0.2, 0) is 11.2 Å². The molecule has 1 rings (SSSR count). The molecule has 5 nitrogen and oxygen atoms in total. The molecule has 1 atom stereocenters. The summed E-state index contributed by atoms with van der Waals surface area (Å²) >= 11 is 0. The largest absolute Gasteiger partial charge is 0.481 e. The summed E-state index contributed by atoms with van der Waals surface area (Å²) in [5.41, 5.74) is -0.143. The summed E-state index contributed by atoms with van der Waals surface area (Å²) in [6, 6.07) is 3.50. The van der Waals surface area contributed by atoms with Crippen LogP contribution in [0.1, 0.15) is 25.8 Å². The van der Waals surface area contributed by atoms with E-state index in [9.17, 15) is 19.3 Å². The van der Waals surface area contributed by atoms with Crippen molar-refractivity contribution in [1.29, 1.82) is 0 Å².